The average molecular weight is 360 g/mol. The molecule has 26 heavy (non-hydrogen) atoms. The molecule has 2 aliphatic heterocycles. The van der Waals surface area contributed by atoms with Crippen LogP contribution < -0.4 is 4.74 Å². The second kappa shape index (κ2) is 8.40. The molecule has 1 unspecified atom stereocenters. The number of benzene rings is 1. The summed E-state index contributed by atoms with van der Waals surface area (Å²) in [6.07, 6.45) is 2.18. The van der Waals surface area contributed by atoms with E-state index in [0.29, 0.717) is 23.3 Å². The van der Waals surface area contributed by atoms with Gasteiger partial charge in [0.05, 0.1) is 12.7 Å². The number of hydrogen-bond donors (Lipinski definition) is 0. The number of likely N-dealkylation sites (N-methyl/N-ethyl adjacent to an activating group) is 1. The number of piperidine rings is 1. The highest BCUT2D eigenvalue weighted by atomic mass is 16.5. The molecule has 2 saturated heterocycles. The molecule has 0 aliphatic carbocycles. The normalized spacial score (nSPS) is 21.6. The van der Waals surface area contributed by atoms with Gasteiger partial charge in [0.15, 0.2) is 0 Å². The molecule has 0 aromatic heterocycles. The molecular weight excluding hydrogens is 326 g/mol. The summed E-state index contributed by atoms with van der Waals surface area (Å²) in [6.45, 7) is 10.7. The van der Waals surface area contributed by atoms with Crippen LogP contribution in [0.2, 0.25) is 0 Å². The molecule has 0 spiro atoms. The fourth-order valence-corrected chi connectivity index (χ4v) is 4.27. The summed E-state index contributed by atoms with van der Waals surface area (Å²) in [5, 5.41) is 0. The summed E-state index contributed by atoms with van der Waals surface area (Å²) in [4.78, 5) is 20.0. The average Bonchev–Trinajstić information content (AvgIpc) is 2.67. The van der Waals surface area contributed by atoms with Crippen LogP contribution in [0.25, 0.3) is 0 Å². The van der Waals surface area contributed by atoms with Gasteiger partial charge >= 0.3 is 0 Å². The molecule has 2 aliphatic rings. The van der Waals surface area contributed by atoms with E-state index in [9.17, 15) is 4.79 Å². The number of carbonyl (C=O) groups is 1. The van der Waals surface area contributed by atoms with Crippen LogP contribution >= 0.6 is 0 Å². The van der Waals surface area contributed by atoms with E-state index in [1.165, 1.54) is 0 Å². The summed E-state index contributed by atoms with van der Waals surface area (Å²) in [6, 6.07) is 6.43. The Bertz CT molecular complexity index is 618. The number of rotatable bonds is 4. The highest BCUT2D eigenvalue weighted by Crippen LogP contribution is 2.28. The van der Waals surface area contributed by atoms with Crippen LogP contribution in [-0.4, -0.2) is 80.1 Å². The molecule has 5 heteroatoms. The van der Waals surface area contributed by atoms with Crippen LogP contribution in [0.3, 0.4) is 0 Å². The van der Waals surface area contributed by atoms with Crippen molar-refractivity contribution in [2.45, 2.75) is 32.7 Å². The molecule has 2 heterocycles. The van der Waals surface area contributed by atoms with Gasteiger partial charge in [-0.2, -0.15) is 0 Å². The molecule has 0 N–H and O–H groups in total. The highest BCUT2D eigenvalue weighted by molar-refractivity contribution is 5.97. The van der Waals surface area contributed by atoms with Gasteiger partial charge in [-0.1, -0.05) is 11.6 Å². The Labute approximate surface area is 157 Å². The summed E-state index contributed by atoms with van der Waals surface area (Å²) in [5.74, 6) is 1.46. The maximum Gasteiger partial charge on any atom is 0.257 e. The molecule has 1 atom stereocenters. The number of amides is 1. The second-order valence-corrected chi connectivity index (χ2v) is 7.91. The Morgan fingerprint density at radius 2 is 1.77 bits per heavy atom. The first-order valence-electron chi connectivity index (χ1n) is 9.86. The van der Waals surface area contributed by atoms with Crippen molar-refractivity contribution in [1.29, 1.82) is 0 Å². The molecule has 3 rings (SSSR count). The van der Waals surface area contributed by atoms with Gasteiger partial charge in [0.25, 0.3) is 5.91 Å². The summed E-state index contributed by atoms with van der Waals surface area (Å²) in [5.41, 5.74) is 1.78. The lowest BCUT2D eigenvalue weighted by Gasteiger charge is -2.42. The quantitative estimate of drug-likeness (QED) is 0.828. The van der Waals surface area contributed by atoms with Crippen molar-refractivity contribution >= 4 is 5.91 Å². The van der Waals surface area contributed by atoms with E-state index >= 15 is 0 Å². The number of hydrogen-bond acceptors (Lipinski definition) is 4. The van der Waals surface area contributed by atoms with Gasteiger partial charge in [-0.3, -0.25) is 9.69 Å². The topological polar surface area (TPSA) is 36.0 Å². The van der Waals surface area contributed by atoms with E-state index in [1.807, 2.05) is 30.0 Å². The van der Waals surface area contributed by atoms with Gasteiger partial charge in [-0.25, -0.2) is 0 Å². The van der Waals surface area contributed by atoms with Crippen molar-refractivity contribution in [2.24, 2.45) is 5.92 Å². The Balaban J connectivity index is 1.58. The Morgan fingerprint density at radius 1 is 1.12 bits per heavy atom. The Morgan fingerprint density at radius 3 is 2.38 bits per heavy atom. The molecule has 0 radical (unpaired) electrons. The summed E-state index contributed by atoms with van der Waals surface area (Å²) < 4.78 is 5.40. The van der Waals surface area contributed by atoms with Gasteiger partial charge in [-0.05, 0) is 51.8 Å². The van der Waals surface area contributed by atoms with Crippen LogP contribution in [0.15, 0.2) is 18.2 Å². The maximum absolute atomic E-state index is 13.0. The van der Waals surface area contributed by atoms with Gasteiger partial charge in [0, 0.05) is 45.3 Å². The van der Waals surface area contributed by atoms with Crippen molar-refractivity contribution in [3.05, 3.63) is 29.3 Å². The van der Waals surface area contributed by atoms with Gasteiger partial charge < -0.3 is 14.5 Å². The van der Waals surface area contributed by atoms with E-state index in [2.05, 4.69) is 23.8 Å². The number of carbonyl (C=O) groups excluding carboxylic acids is 1. The lowest BCUT2D eigenvalue weighted by atomic mass is 9.88. The third-order valence-corrected chi connectivity index (χ3v) is 6.21. The van der Waals surface area contributed by atoms with Gasteiger partial charge in [-0.15, -0.1) is 0 Å². The first-order chi connectivity index (χ1) is 12.5. The highest BCUT2D eigenvalue weighted by Gasteiger charge is 2.31. The standard InChI is InChI=1S/C21H33N3O2/c1-16-5-6-20(26-4)19(15-16)21(25)24-9-7-18(8-10-24)17(2)23-13-11-22(3)12-14-23/h5-6,15,17-18H,7-14H2,1-4H3. The fraction of sp³-hybridized carbons (Fsp3) is 0.667. The minimum Gasteiger partial charge on any atom is -0.496 e. The van der Waals surface area contributed by atoms with Crippen molar-refractivity contribution < 1.29 is 9.53 Å². The van der Waals surface area contributed by atoms with Crippen LogP contribution in [0.4, 0.5) is 0 Å². The van der Waals surface area contributed by atoms with Crippen molar-refractivity contribution in [3.63, 3.8) is 0 Å². The van der Waals surface area contributed by atoms with Crippen LogP contribution in [-0.2, 0) is 0 Å². The Hall–Kier alpha value is -1.59. The number of ether oxygens (including phenoxy) is 1. The molecule has 1 aromatic carbocycles. The van der Waals surface area contributed by atoms with E-state index in [-0.39, 0.29) is 5.91 Å². The van der Waals surface area contributed by atoms with Crippen LogP contribution in [0.1, 0.15) is 35.7 Å². The SMILES string of the molecule is COc1ccc(C)cc1C(=O)N1CCC(C(C)N2CCN(C)CC2)CC1. The molecule has 1 amide bonds. The van der Waals surface area contributed by atoms with Crippen molar-refractivity contribution in [1.82, 2.24) is 14.7 Å². The monoisotopic (exact) mass is 359 g/mol. The number of nitrogens with zero attached hydrogens (tertiary/aromatic N) is 3. The molecular formula is C21H33N3O2. The zero-order valence-electron chi connectivity index (χ0n) is 16.7. The van der Waals surface area contributed by atoms with Gasteiger partial charge in [0.1, 0.15) is 5.75 Å². The second-order valence-electron chi connectivity index (χ2n) is 7.91. The smallest absolute Gasteiger partial charge is 0.257 e. The molecule has 144 valence electrons. The number of likely N-dealkylation sites (tertiary alicyclic amines) is 1. The third-order valence-electron chi connectivity index (χ3n) is 6.21. The fourth-order valence-electron chi connectivity index (χ4n) is 4.27. The zero-order chi connectivity index (χ0) is 18.7. The number of aryl methyl sites for hydroxylation is 1. The minimum absolute atomic E-state index is 0.108. The molecule has 0 bridgehead atoms. The molecule has 1 aromatic rings. The van der Waals surface area contributed by atoms with Crippen molar-refractivity contribution in [2.75, 3.05) is 53.4 Å². The number of methoxy groups -OCH3 is 1. The minimum atomic E-state index is 0.108. The first kappa shape index (κ1) is 19.2. The lowest BCUT2D eigenvalue weighted by molar-refractivity contribution is 0.0498. The zero-order valence-corrected chi connectivity index (χ0v) is 16.7. The summed E-state index contributed by atoms with van der Waals surface area (Å²) >= 11 is 0. The van der Waals surface area contributed by atoms with Crippen molar-refractivity contribution in [3.8, 4) is 5.75 Å². The predicted molar refractivity (Wildman–Crippen MR) is 105 cm³/mol. The lowest BCUT2D eigenvalue weighted by Crippen LogP contribution is -2.52. The van der Waals surface area contributed by atoms with E-state index in [4.69, 9.17) is 4.74 Å². The van der Waals surface area contributed by atoms with Crippen LogP contribution in [0.5, 0.6) is 5.75 Å². The third kappa shape index (κ3) is 4.21. The summed E-state index contributed by atoms with van der Waals surface area (Å²) in [7, 11) is 3.83. The van der Waals surface area contributed by atoms with Gasteiger partial charge in [0.2, 0.25) is 0 Å². The molecule has 0 saturated carbocycles. The van der Waals surface area contributed by atoms with E-state index < -0.39 is 0 Å². The van der Waals surface area contributed by atoms with E-state index in [0.717, 1.165) is 57.7 Å². The largest absolute Gasteiger partial charge is 0.496 e. The Kier molecular flexibility index (Phi) is 6.20. The van der Waals surface area contributed by atoms with E-state index in [1.54, 1.807) is 7.11 Å². The predicted octanol–water partition coefficient (Wildman–Crippen LogP) is 2.49. The van der Waals surface area contributed by atoms with Crippen LogP contribution in [0, 0.1) is 12.8 Å². The first-order valence-corrected chi connectivity index (χ1v) is 9.86. The maximum atomic E-state index is 13.0. The number of piperazine rings is 1. The molecule has 2 fully saturated rings. The molecule has 5 nitrogen and oxygen atoms in total.